The highest BCUT2D eigenvalue weighted by Crippen LogP contribution is 2.24. The molecule has 1 fully saturated rings. The Morgan fingerprint density at radius 1 is 1.21 bits per heavy atom. The van der Waals surface area contributed by atoms with Crippen molar-refractivity contribution in [1.82, 2.24) is 10.3 Å². The molecular formula is C17H22Cl3N3O. The number of rotatable bonds is 3. The van der Waals surface area contributed by atoms with E-state index in [9.17, 15) is 4.79 Å². The maximum absolute atomic E-state index is 12.5. The molecule has 4 nitrogen and oxygen atoms in total. The van der Waals surface area contributed by atoms with Crippen LogP contribution >= 0.6 is 36.4 Å². The van der Waals surface area contributed by atoms with Crippen LogP contribution in [0.1, 0.15) is 36.2 Å². The maximum Gasteiger partial charge on any atom is 0.270 e. The Morgan fingerprint density at radius 3 is 2.67 bits per heavy atom. The Labute approximate surface area is 159 Å². The summed E-state index contributed by atoms with van der Waals surface area (Å²) in [6.45, 7) is 0.617. The predicted octanol–water partition coefficient (Wildman–Crippen LogP) is 3.98. The number of hydrogen-bond donors (Lipinski definition) is 2. The zero-order chi connectivity index (χ0) is 15.5. The van der Waals surface area contributed by atoms with Crippen molar-refractivity contribution < 1.29 is 4.79 Å². The third-order valence-electron chi connectivity index (χ3n) is 4.42. The van der Waals surface area contributed by atoms with E-state index in [2.05, 4.69) is 10.3 Å². The van der Waals surface area contributed by atoms with Crippen LogP contribution in [0.25, 0.3) is 10.9 Å². The number of benzene rings is 1. The lowest BCUT2D eigenvalue weighted by molar-refractivity contribution is 0.0903. The fourth-order valence-electron chi connectivity index (χ4n) is 3.14. The van der Waals surface area contributed by atoms with Crippen LogP contribution in [0.2, 0.25) is 5.02 Å². The molecule has 7 heteroatoms. The van der Waals surface area contributed by atoms with Crippen LogP contribution in [0.4, 0.5) is 0 Å². The highest BCUT2D eigenvalue weighted by Gasteiger charge is 2.26. The van der Waals surface area contributed by atoms with Crippen LogP contribution in [0.3, 0.4) is 0 Å². The minimum absolute atomic E-state index is 0. The van der Waals surface area contributed by atoms with Crippen LogP contribution < -0.4 is 11.1 Å². The van der Waals surface area contributed by atoms with Gasteiger partial charge in [-0.1, -0.05) is 36.6 Å². The SMILES string of the molecule is Cl.Cl.NCC1CCCCC1NC(=O)c1ccc2ccc(Cl)cc2n1. The van der Waals surface area contributed by atoms with Gasteiger partial charge < -0.3 is 11.1 Å². The molecule has 1 saturated carbocycles. The Morgan fingerprint density at radius 2 is 1.92 bits per heavy atom. The van der Waals surface area contributed by atoms with Crippen molar-refractivity contribution in [3.05, 3.63) is 41.0 Å². The van der Waals surface area contributed by atoms with Crippen molar-refractivity contribution in [2.45, 2.75) is 31.7 Å². The molecule has 1 amide bonds. The van der Waals surface area contributed by atoms with Gasteiger partial charge in [-0.25, -0.2) is 4.98 Å². The summed E-state index contributed by atoms with van der Waals surface area (Å²) >= 11 is 5.99. The van der Waals surface area contributed by atoms with Crippen LogP contribution in [0.15, 0.2) is 30.3 Å². The van der Waals surface area contributed by atoms with Crippen molar-refractivity contribution in [1.29, 1.82) is 0 Å². The van der Waals surface area contributed by atoms with E-state index in [4.69, 9.17) is 17.3 Å². The molecule has 2 unspecified atom stereocenters. The molecule has 24 heavy (non-hydrogen) atoms. The molecule has 1 aliphatic carbocycles. The molecule has 2 atom stereocenters. The molecule has 0 aliphatic heterocycles. The van der Waals surface area contributed by atoms with Gasteiger partial charge in [0.15, 0.2) is 0 Å². The minimum atomic E-state index is -0.132. The minimum Gasteiger partial charge on any atom is -0.348 e. The van der Waals surface area contributed by atoms with Gasteiger partial charge >= 0.3 is 0 Å². The Bertz CT molecular complexity index is 696. The summed E-state index contributed by atoms with van der Waals surface area (Å²) in [7, 11) is 0. The second-order valence-electron chi connectivity index (χ2n) is 5.89. The first kappa shape index (κ1) is 21.0. The molecule has 0 radical (unpaired) electrons. The summed E-state index contributed by atoms with van der Waals surface area (Å²) in [5.41, 5.74) is 6.98. The van der Waals surface area contributed by atoms with E-state index >= 15 is 0 Å². The maximum atomic E-state index is 12.5. The summed E-state index contributed by atoms with van der Waals surface area (Å²) in [4.78, 5) is 16.9. The van der Waals surface area contributed by atoms with Crippen molar-refractivity contribution in [3.63, 3.8) is 0 Å². The number of halogens is 3. The molecule has 132 valence electrons. The third kappa shape index (κ3) is 4.73. The number of carbonyl (C=O) groups is 1. The Kier molecular flexibility index (Phi) is 8.23. The van der Waals surface area contributed by atoms with E-state index in [1.54, 1.807) is 12.1 Å². The first-order valence-corrected chi connectivity index (χ1v) is 8.12. The smallest absolute Gasteiger partial charge is 0.270 e. The average Bonchev–Trinajstić information content (AvgIpc) is 2.54. The molecule has 1 aliphatic rings. The highest BCUT2D eigenvalue weighted by molar-refractivity contribution is 6.31. The van der Waals surface area contributed by atoms with E-state index in [1.807, 2.05) is 18.2 Å². The van der Waals surface area contributed by atoms with Gasteiger partial charge in [0.1, 0.15) is 5.69 Å². The molecule has 0 saturated heterocycles. The van der Waals surface area contributed by atoms with Crippen molar-refractivity contribution in [2.24, 2.45) is 11.7 Å². The van der Waals surface area contributed by atoms with Gasteiger partial charge in [-0.15, -0.1) is 24.8 Å². The Hall–Kier alpha value is -1.07. The molecule has 0 spiro atoms. The Balaban J connectivity index is 0.00000144. The number of carbonyl (C=O) groups excluding carboxylic acids is 1. The average molecular weight is 391 g/mol. The molecule has 1 aromatic carbocycles. The molecule has 3 N–H and O–H groups in total. The zero-order valence-corrected chi connectivity index (χ0v) is 15.6. The second kappa shape index (κ2) is 9.42. The van der Waals surface area contributed by atoms with Gasteiger partial charge in [-0.05, 0) is 43.5 Å². The lowest BCUT2D eigenvalue weighted by atomic mass is 9.84. The van der Waals surface area contributed by atoms with Gasteiger partial charge in [0.05, 0.1) is 5.52 Å². The van der Waals surface area contributed by atoms with E-state index < -0.39 is 0 Å². The lowest BCUT2D eigenvalue weighted by Crippen LogP contribution is -2.44. The summed E-state index contributed by atoms with van der Waals surface area (Å²) in [5.74, 6) is 0.236. The second-order valence-corrected chi connectivity index (χ2v) is 6.33. The normalized spacial score (nSPS) is 19.9. The summed E-state index contributed by atoms with van der Waals surface area (Å²) in [5, 5.41) is 4.69. The number of hydrogen-bond acceptors (Lipinski definition) is 3. The van der Waals surface area contributed by atoms with Crippen LogP contribution in [0.5, 0.6) is 0 Å². The molecule has 3 rings (SSSR count). The van der Waals surface area contributed by atoms with Crippen molar-refractivity contribution in [3.8, 4) is 0 Å². The van der Waals surface area contributed by atoms with Crippen LogP contribution in [-0.2, 0) is 0 Å². The summed E-state index contributed by atoms with van der Waals surface area (Å²) < 4.78 is 0. The molecule has 1 heterocycles. The number of aromatic nitrogens is 1. The van der Waals surface area contributed by atoms with E-state index in [0.717, 1.165) is 30.2 Å². The largest absolute Gasteiger partial charge is 0.348 e. The molecular weight excluding hydrogens is 369 g/mol. The highest BCUT2D eigenvalue weighted by atomic mass is 35.5. The quantitative estimate of drug-likeness (QED) is 0.833. The van der Waals surface area contributed by atoms with Crippen LogP contribution in [0, 0.1) is 5.92 Å². The van der Waals surface area contributed by atoms with Gasteiger partial charge in [-0.3, -0.25) is 4.79 Å². The number of nitrogens with two attached hydrogens (primary N) is 1. The topological polar surface area (TPSA) is 68.0 Å². The number of nitrogens with zero attached hydrogens (tertiary/aromatic N) is 1. The van der Waals surface area contributed by atoms with Gasteiger partial charge in [-0.2, -0.15) is 0 Å². The molecule has 2 aromatic rings. The zero-order valence-electron chi connectivity index (χ0n) is 13.2. The van der Waals surface area contributed by atoms with Crippen LogP contribution in [-0.4, -0.2) is 23.5 Å². The number of fused-ring (bicyclic) bond motifs is 1. The van der Waals surface area contributed by atoms with Gasteiger partial charge in [0.25, 0.3) is 5.91 Å². The van der Waals surface area contributed by atoms with Crippen molar-refractivity contribution >= 4 is 53.2 Å². The molecule has 0 bridgehead atoms. The van der Waals surface area contributed by atoms with E-state index in [0.29, 0.717) is 23.2 Å². The van der Waals surface area contributed by atoms with Gasteiger partial charge in [0, 0.05) is 16.5 Å². The predicted molar refractivity (Wildman–Crippen MR) is 104 cm³/mol. The number of pyridine rings is 1. The standard InChI is InChI=1S/C17H20ClN3O.2ClH/c18-13-7-5-11-6-8-15(20-16(11)9-13)17(22)21-14-4-2-1-3-12(14)10-19;;/h5-9,12,14H,1-4,10,19H2,(H,21,22);2*1H. The van der Waals surface area contributed by atoms with E-state index in [-0.39, 0.29) is 36.8 Å². The first-order chi connectivity index (χ1) is 10.7. The van der Waals surface area contributed by atoms with Crippen molar-refractivity contribution in [2.75, 3.05) is 6.54 Å². The van der Waals surface area contributed by atoms with Gasteiger partial charge in [0.2, 0.25) is 0 Å². The number of amides is 1. The molecule has 1 aromatic heterocycles. The fraction of sp³-hybridized carbons (Fsp3) is 0.412. The van der Waals surface area contributed by atoms with E-state index in [1.165, 1.54) is 6.42 Å². The fourth-order valence-corrected chi connectivity index (χ4v) is 3.31. The first-order valence-electron chi connectivity index (χ1n) is 7.74. The summed E-state index contributed by atoms with van der Waals surface area (Å²) in [6, 6.07) is 9.30. The number of nitrogens with one attached hydrogen (secondary N) is 1. The third-order valence-corrected chi connectivity index (χ3v) is 4.65. The summed E-state index contributed by atoms with van der Waals surface area (Å²) in [6.07, 6.45) is 4.42. The monoisotopic (exact) mass is 389 g/mol. The lowest BCUT2D eigenvalue weighted by Gasteiger charge is -2.31.